The quantitative estimate of drug-likeness (QED) is 0.472. The molecule has 1 rings (SSSR count). The highest BCUT2D eigenvalue weighted by atomic mass is 19.2. The van der Waals surface area contributed by atoms with E-state index < -0.39 is 11.6 Å². The van der Waals surface area contributed by atoms with Crippen LogP contribution < -0.4 is 5.84 Å². The number of carbonyl (C=O) groups excluding carboxylic acids is 1. The van der Waals surface area contributed by atoms with E-state index in [9.17, 15) is 13.6 Å². The molecule has 1 aromatic carbocycles. The van der Waals surface area contributed by atoms with Crippen LogP contribution in [0.2, 0.25) is 0 Å². The van der Waals surface area contributed by atoms with E-state index in [1.165, 1.54) is 19.1 Å². The number of rotatable bonds is 7. The highest BCUT2D eigenvalue weighted by molar-refractivity contribution is 5.75. The van der Waals surface area contributed by atoms with Crippen LogP contribution in [0.25, 0.3) is 0 Å². The molecule has 23 heavy (non-hydrogen) atoms. The molecule has 0 aromatic heterocycles. The molecule has 132 valence electrons. The molecule has 0 fully saturated rings. The zero-order valence-electron chi connectivity index (χ0n) is 14.4. The van der Waals surface area contributed by atoms with Crippen LogP contribution in [-0.2, 0) is 9.53 Å². The van der Waals surface area contributed by atoms with Crippen LogP contribution >= 0.6 is 0 Å². The molecule has 0 saturated carbocycles. The molecule has 0 spiro atoms. The van der Waals surface area contributed by atoms with Gasteiger partial charge in [0.05, 0.1) is 6.61 Å². The lowest BCUT2D eigenvalue weighted by molar-refractivity contribution is -0.150. The average molecular weight is 330 g/mol. The summed E-state index contributed by atoms with van der Waals surface area (Å²) in [5, 5.41) is 1.58. The molecule has 4 nitrogen and oxygen atoms in total. The predicted molar refractivity (Wildman–Crippen MR) is 87.6 cm³/mol. The van der Waals surface area contributed by atoms with Gasteiger partial charge >= 0.3 is 5.97 Å². The van der Waals surface area contributed by atoms with E-state index in [4.69, 9.17) is 10.6 Å². The van der Waals surface area contributed by atoms with E-state index in [1.807, 2.05) is 20.8 Å². The van der Waals surface area contributed by atoms with Gasteiger partial charge in [0.2, 0.25) is 0 Å². The molecular weight excluding hydrogens is 302 g/mol. The van der Waals surface area contributed by atoms with Crippen molar-refractivity contribution in [1.29, 1.82) is 0 Å². The minimum Gasteiger partial charge on any atom is -0.465 e. The van der Waals surface area contributed by atoms with Gasteiger partial charge in [-0.15, -0.1) is 0 Å². The zero-order valence-corrected chi connectivity index (χ0v) is 14.4. The monoisotopic (exact) mass is 330 g/mol. The van der Waals surface area contributed by atoms with Gasteiger partial charge in [-0.05, 0) is 38.3 Å². The topological polar surface area (TPSA) is 55.6 Å². The summed E-state index contributed by atoms with van der Waals surface area (Å²) in [4.78, 5) is 11.5. The maximum Gasteiger partial charge on any atom is 0.324 e. The largest absolute Gasteiger partial charge is 0.465 e. The maximum absolute atomic E-state index is 12.4. The van der Waals surface area contributed by atoms with Gasteiger partial charge < -0.3 is 4.74 Å². The Labute approximate surface area is 137 Å². The van der Waals surface area contributed by atoms with Crippen molar-refractivity contribution in [3.05, 3.63) is 35.4 Å². The number of hydrazine groups is 1. The maximum atomic E-state index is 12.4. The fraction of sp³-hybridized carbons (Fsp3) is 0.588. The number of ether oxygens (including phenoxy) is 1. The van der Waals surface area contributed by atoms with E-state index in [0.29, 0.717) is 12.2 Å². The molecule has 0 saturated heterocycles. The summed E-state index contributed by atoms with van der Waals surface area (Å²) < 4.78 is 29.5. The van der Waals surface area contributed by atoms with Crippen molar-refractivity contribution in [2.45, 2.75) is 53.0 Å². The summed E-state index contributed by atoms with van der Waals surface area (Å²) in [6.45, 7) is 8.54. The minimum absolute atomic E-state index is 0.203. The lowest BCUT2D eigenvalue weighted by Crippen LogP contribution is -2.47. The van der Waals surface area contributed by atoms with Gasteiger partial charge in [-0.3, -0.25) is 10.6 Å². The lowest BCUT2D eigenvalue weighted by Gasteiger charge is -2.24. The van der Waals surface area contributed by atoms with Crippen molar-refractivity contribution in [3.8, 4) is 0 Å². The molecule has 2 N–H and O–H groups in total. The number of benzene rings is 1. The van der Waals surface area contributed by atoms with Crippen molar-refractivity contribution in [3.63, 3.8) is 0 Å². The number of hydrogen-bond acceptors (Lipinski definition) is 4. The summed E-state index contributed by atoms with van der Waals surface area (Å²) in [6, 6.07) is 3.83. The van der Waals surface area contributed by atoms with Crippen LogP contribution in [0.15, 0.2) is 18.2 Å². The van der Waals surface area contributed by atoms with E-state index >= 15 is 0 Å². The fourth-order valence-corrected chi connectivity index (χ4v) is 1.96. The van der Waals surface area contributed by atoms with Gasteiger partial charge in [-0.2, -0.15) is 0 Å². The van der Waals surface area contributed by atoms with Gasteiger partial charge in [0.15, 0.2) is 11.6 Å². The minimum atomic E-state index is -0.782. The first kappa shape index (κ1) is 21.5. The number of aryl methyl sites for hydroxylation is 1. The van der Waals surface area contributed by atoms with Crippen LogP contribution in [0.1, 0.15) is 45.6 Å². The fourth-order valence-electron chi connectivity index (χ4n) is 1.96. The summed E-state index contributed by atoms with van der Waals surface area (Å²) in [6.07, 6.45) is 2.63. The van der Waals surface area contributed by atoms with Crippen molar-refractivity contribution in [2.75, 3.05) is 13.2 Å². The lowest BCUT2D eigenvalue weighted by atomic mass is 10.1. The molecule has 0 radical (unpaired) electrons. The molecule has 1 aromatic rings. The first-order valence-corrected chi connectivity index (χ1v) is 7.97. The number of carbonyl (C=O) groups is 1. The average Bonchev–Trinajstić information content (AvgIpc) is 2.51. The Hall–Kier alpha value is -1.53. The Morgan fingerprint density at radius 1 is 1.26 bits per heavy atom. The Morgan fingerprint density at radius 3 is 2.35 bits per heavy atom. The molecule has 6 heteroatoms. The Kier molecular flexibility index (Phi) is 11.2. The van der Waals surface area contributed by atoms with E-state index in [0.717, 1.165) is 31.9 Å². The van der Waals surface area contributed by atoms with Crippen LogP contribution in [0, 0.1) is 18.6 Å². The third-order valence-electron chi connectivity index (χ3n) is 3.15. The molecule has 0 aliphatic heterocycles. The summed E-state index contributed by atoms with van der Waals surface area (Å²) in [5.41, 5.74) is 0.343. The summed E-state index contributed by atoms with van der Waals surface area (Å²) in [7, 11) is 0. The van der Waals surface area contributed by atoms with Crippen LogP contribution in [0.5, 0.6) is 0 Å². The normalized spacial score (nSPS) is 11.7. The van der Waals surface area contributed by atoms with Crippen molar-refractivity contribution >= 4 is 5.97 Å². The third kappa shape index (κ3) is 8.04. The molecule has 0 amide bonds. The van der Waals surface area contributed by atoms with Crippen LogP contribution in [0.3, 0.4) is 0 Å². The second-order valence-corrected chi connectivity index (χ2v) is 5.17. The number of nitrogens with zero attached hydrogens (tertiary/aromatic N) is 1. The number of halogens is 2. The van der Waals surface area contributed by atoms with Gasteiger partial charge in [0.25, 0.3) is 0 Å². The van der Waals surface area contributed by atoms with Crippen molar-refractivity contribution in [1.82, 2.24) is 5.01 Å². The summed E-state index contributed by atoms with van der Waals surface area (Å²) >= 11 is 0. The highest BCUT2D eigenvalue weighted by Gasteiger charge is 2.23. The van der Waals surface area contributed by atoms with Gasteiger partial charge in [-0.1, -0.05) is 32.4 Å². The Bertz CT molecular complexity index is 450. The molecule has 0 aliphatic carbocycles. The molecule has 0 bridgehead atoms. The zero-order chi connectivity index (χ0) is 17.8. The standard InChI is InChI=1S/C10H22N2O2.C7H6F2/c1-4-7-9(10(13)14-6-3)12(11)8-5-2;1-5-3-2-4-6(8)7(5)9/h9H,4-8,11H2,1-3H3;2-4H,1H3. The molecule has 1 unspecified atom stereocenters. The van der Waals surface area contributed by atoms with Gasteiger partial charge in [0.1, 0.15) is 6.04 Å². The molecule has 0 heterocycles. The third-order valence-corrected chi connectivity index (χ3v) is 3.15. The van der Waals surface area contributed by atoms with E-state index in [1.54, 1.807) is 5.01 Å². The highest BCUT2D eigenvalue weighted by Crippen LogP contribution is 2.08. The number of hydrogen-bond donors (Lipinski definition) is 1. The van der Waals surface area contributed by atoms with E-state index in [-0.39, 0.29) is 12.0 Å². The van der Waals surface area contributed by atoms with Gasteiger partial charge in [0, 0.05) is 6.54 Å². The molecule has 0 aliphatic rings. The van der Waals surface area contributed by atoms with E-state index in [2.05, 4.69) is 0 Å². The summed E-state index contributed by atoms with van der Waals surface area (Å²) in [5.74, 6) is 4.04. The molecular formula is C17H28F2N2O2. The van der Waals surface area contributed by atoms with Crippen LogP contribution in [-0.4, -0.2) is 30.2 Å². The molecule has 1 atom stereocenters. The van der Waals surface area contributed by atoms with Crippen LogP contribution in [0.4, 0.5) is 8.78 Å². The predicted octanol–water partition coefficient (Wildman–Crippen LogP) is 3.58. The number of esters is 1. The van der Waals surface area contributed by atoms with Crippen molar-refractivity contribution in [2.24, 2.45) is 5.84 Å². The second kappa shape index (κ2) is 12.0. The van der Waals surface area contributed by atoms with Gasteiger partial charge in [-0.25, -0.2) is 13.8 Å². The van der Waals surface area contributed by atoms with Crippen molar-refractivity contribution < 1.29 is 18.3 Å². The second-order valence-electron chi connectivity index (χ2n) is 5.17. The SMILES string of the molecule is CCCC(C(=O)OCC)N(N)CCC.Cc1cccc(F)c1F. The smallest absolute Gasteiger partial charge is 0.324 e. The Morgan fingerprint density at radius 2 is 1.91 bits per heavy atom. The first-order chi connectivity index (χ1) is 10.9. The Balaban J connectivity index is 0.000000459. The number of nitrogens with two attached hydrogens (primary N) is 1. The first-order valence-electron chi connectivity index (χ1n) is 7.97.